The molecule has 19 heavy (non-hydrogen) atoms. The number of hydrogen-bond donors (Lipinski definition) is 0. The Morgan fingerprint density at radius 2 is 1.68 bits per heavy atom. The third-order valence-electron chi connectivity index (χ3n) is 2.74. The van der Waals surface area contributed by atoms with Crippen LogP contribution in [0.25, 0.3) is 0 Å². The maximum atomic E-state index is 12.6. The van der Waals surface area contributed by atoms with Gasteiger partial charge in [0.05, 0.1) is 4.90 Å². The summed E-state index contributed by atoms with van der Waals surface area (Å²) in [6.45, 7) is 11.4. The van der Waals surface area contributed by atoms with Crippen molar-refractivity contribution in [3.63, 3.8) is 0 Å². The zero-order valence-corrected chi connectivity index (χ0v) is 13.6. The molecule has 0 aromatic heterocycles. The lowest BCUT2D eigenvalue weighted by molar-refractivity contribution is 0.473. The van der Waals surface area contributed by atoms with E-state index in [2.05, 4.69) is 29.1 Å². The summed E-state index contributed by atoms with van der Waals surface area (Å²) in [6.07, 6.45) is 3.14. The maximum Gasteiger partial charge on any atom is 0.243 e. The highest BCUT2D eigenvalue weighted by atomic mass is 79.9. The van der Waals surface area contributed by atoms with Crippen molar-refractivity contribution in [3.8, 4) is 0 Å². The van der Waals surface area contributed by atoms with Crippen LogP contribution in [0.3, 0.4) is 0 Å². The van der Waals surface area contributed by atoms with Crippen molar-refractivity contribution in [2.75, 3.05) is 13.1 Å². The quantitative estimate of drug-likeness (QED) is 0.742. The second-order valence-electron chi connectivity index (χ2n) is 4.27. The lowest BCUT2D eigenvalue weighted by Crippen LogP contribution is -2.32. The topological polar surface area (TPSA) is 37.4 Å². The van der Waals surface area contributed by atoms with Gasteiger partial charge in [-0.25, -0.2) is 8.42 Å². The number of halogens is 1. The van der Waals surface area contributed by atoms with E-state index < -0.39 is 10.0 Å². The van der Waals surface area contributed by atoms with Crippen molar-refractivity contribution >= 4 is 26.0 Å². The summed E-state index contributed by atoms with van der Waals surface area (Å²) in [5.41, 5.74) is 1.74. The maximum absolute atomic E-state index is 12.6. The van der Waals surface area contributed by atoms with Crippen molar-refractivity contribution in [1.29, 1.82) is 0 Å². The van der Waals surface area contributed by atoms with Crippen LogP contribution < -0.4 is 0 Å². The van der Waals surface area contributed by atoms with Crippen molar-refractivity contribution in [2.24, 2.45) is 0 Å². The molecule has 0 amide bonds. The molecule has 0 spiro atoms. The number of aryl methyl sites for hydroxylation is 2. The van der Waals surface area contributed by atoms with Gasteiger partial charge in [0.25, 0.3) is 0 Å². The normalized spacial score (nSPS) is 11.6. The van der Waals surface area contributed by atoms with Crippen LogP contribution in [-0.2, 0) is 10.0 Å². The highest BCUT2D eigenvalue weighted by Gasteiger charge is 2.24. The number of benzene rings is 1. The van der Waals surface area contributed by atoms with Crippen LogP contribution in [0.1, 0.15) is 11.1 Å². The summed E-state index contributed by atoms with van der Waals surface area (Å²) < 4.78 is 27.3. The van der Waals surface area contributed by atoms with Gasteiger partial charge in [0.15, 0.2) is 0 Å². The van der Waals surface area contributed by atoms with Crippen LogP contribution in [0.4, 0.5) is 0 Å². The molecular weight excluding hydrogens is 326 g/mol. The molecule has 0 radical (unpaired) electrons. The van der Waals surface area contributed by atoms with Gasteiger partial charge in [-0.1, -0.05) is 34.1 Å². The fraction of sp³-hybridized carbons (Fsp3) is 0.286. The zero-order valence-electron chi connectivity index (χ0n) is 11.2. The molecule has 0 N–H and O–H groups in total. The first-order valence-electron chi connectivity index (χ1n) is 5.83. The molecule has 0 aliphatic heterocycles. The van der Waals surface area contributed by atoms with E-state index in [1.54, 1.807) is 25.1 Å². The summed E-state index contributed by atoms with van der Waals surface area (Å²) >= 11 is 3.38. The highest BCUT2D eigenvalue weighted by Crippen LogP contribution is 2.26. The Morgan fingerprint density at radius 1 is 1.16 bits per heavy atom. The Morgan fingerprint density at radius 3 is 2.16 bits per heavy atom. The van der Waals surface area contributed by atoms with E-state index >= 15 is 0 Å². The van der Waals surface area contributed by atoms with Gasteiger partial charge in [0, 0.05) is 17.6 Å². The molecule has 0 saturated heterocycles. The summed E-state index contributed by atoms with van der Waals surface area (Å²) in [5, 5.41) is 0. The number of rotatable bonds is 6. The van der Waals surface area contributed by atoms with E-state index in [-0.39, 0.29) is 13.1 Å². The van der Waals surface area contributed by atoms with Crippen LogP contribution in [-0.4, -0.2) is 25.8 Å². The van der Waals surface area contributed by atoms with Crippen molar-refractivity contribution in [3.05, 3.63) is 53.0 Å². The number of nitrogens with zero attached hydrogens (tertiary/aromatic N) is 1. The number of hydrogen-bond acceptors (Lipinski definition) is 2. The van der Waals surface area contributed by atoms with E-state index in [0.717, 1.165) is 15.6 Å². The molecule has 0 saturated carbocycles. The van der Waals surface area contributed by atoms with Crippen LogP contribution in [0.5, 0.6) is 0 Å². The van der Waals surface area contributed by atoms with Crippen molar-refractivity contribution in [2.45, 2.75) is 18.7 Å². The molecule has 1 aromatic rings. The van der Waals surface area contributed by atoms with E-state index in [1.807, 2.05) is 13.0 Å². The van der Waals surface area contributed by atoms with Gasteiger partial charge in [-0.3, -0.25) is 0 Å². The fourth-order valence-corrected chi connectivity index (χ4v) is 3.89. The molecule has 0 heterocycles. The van der Waals surface area contributed by atoms with Gasteiger partial charge < -0.3 is 0 Å². The third-order valence-corrected chi connectivity index (χ3v) is 5.57. The van der Waals surface area contributed by atoms with E-state index in [4.69, 9.17) is 0 Å². The first kappa shape index (κ1) is 16.1. The van der Waals surface area contributed by atoms with Gasteiger partial charge in [-0.2, -0.15) is 4.31 Å². The molecule has 0 atom stereocenters. The second kappa shape index (κ2) is 6.50. The van der Waals surface area contributed by atoms with Crippen LogP contribution in [0, 0.1) is 13.8 Å². The predicted molar refractivity (Wildman–Crippen MR) is 82.8 cm³/mol. The van der Waals surface area contributed by atoms with E-state index in [0.29, 0.717) is 4.90 Å². The smallest absolute Gasteiger partial charge is 0.207 e. The minimum atomic E-state index is -3.53. The summed E-state index contributed by atoms with van der Waals surface area (Å²) in [5.74, 6) is 0. The minimum Gasteiger partial charge on any atom is -0.207 e. The fourth-order valence-electron chi connectivity index (χ4n) is 1.78. The summed E-state index contributed by atoms with van der Waals surface area (Å²) in [7, 11) is -3.53. The largest absolute Gasteiger partial charge is 0.243 e. The van der Waals surface area contributed by atoms with Gasteiger partial charge in [-0.05, 0) is 31.0 Å². The molecule has 3 nitrogen and oxygen atoms in total. The first-order chi connectivity index (χ1) is 8.84. The highest BCUT2D eigenvalue weighted by molar-refractivity contribution is 9.10. The van der Waals surface area contributed by atoms with Crippen molar-refractivity contribution in [1.82, 2.24) is 4.31 Å². The Kier molecular flexibility index (Phi) is 5.52. The molecule has 1 aromatic carbocycles. The predicted octanol–water partition coefficient (Wildman–Crippen LogP) is 3.43. The lowest BCUT2D eigenvalue weighted by Gasteiger charge is -2.20. The van der Waals surface area contributed by atoms with Crippen LogP contribution in [0.15, 0.2) is 46.8 Å². The van der Waals surface area contributed by atoms with E-state index in [1.165, 1.54) is 4.31 Å². The van der Waals surface area contributed by atoms with Gasteiger partial charge in [0.2, 0.25) is 10.0 Å². The molecule has 0 fully saturated rings. The summed E-state index contributed by atoms with van der Waals surface area (Å²) in [4.78, 5) is 0.314. The first-order valence-corrected chi connectivity index (χ1v) is 8.06. The molecule has 0 aliphatic carbocycles. The van der Waals surface area contributed by atoms with Crippen LogP contribution in [0.2, 0.25) is 0 Å². The average molecular weight is 344 g/mol. The standard InChI is InChI=1S/C14H18BrNO2S/c1-5-7-16(8-6-2)19(17,18)14-10-13(15)11(3)9-12(14)4/h5-6,9-10H,1-2,7-8H2,3-4H3. The van der Waals surface area contributed by atoms with Gasteiger partial charge >= 0.3 is 0 Å². The monoisotopic (exact) mass is 343 g/mol. The third kappa shape index (κ3) is 3.55. The Labute approximate surface area is 123 Å². The molecule has 0 aliphatic rings. The SMILES string of the molecule is C=CCN(CC=C)S(=O)(=O)c1cc(Br)c(C)cc1C. The Balaban J connectivity index is 3.36. The number of sulfonamides is 1. The van der Waals surface area contributed by atoms with Crippen molar-refractivity contribution < 1.29 is 8.42 Å². The molecular formula is C14H18BrNO2S. The summed E-state index contributed by atoms with van der Waals surface area (Å²) in [6, 6.07) is 3.51. The molecule has 104 valence electrons. The lowest BCUT2D eigenvalue weighted by atomic mass is 10.2. The van der Waals surface area contributed by atoms with Gasteiger partial charge in [-0.15, -0.1) is 13.2 Å². The molecule has 5 heteroatoms. The Bertz CT molecular complexity index is 584. The molecule has 0 bridgehead atoms. The second-order valence-corrected chi connectivity index (χ2v) is 7.03. The van der Waals surface area contributed by atoms with Crippen LogP contribution >= 0.6 is 15.9 Å². The minimum absolute atomic E-state index is 0.263. The molecule has 1 rings (SSSR count). The molecule has 0 unspecified atom stereocenters. The average Bonchev–Trinajstić information content (AvgIpc) is 2.33. The Hall–Kier alpha value is -0.910. The zero-order chi connectivity index (χ0) is 14.6. The van der Waals surface area contributed by atoms with Gasteiger partial charge in [0.1, 0.15) is 0 Å². The van der Waals surface area contributed by atoms with E-state index in [9.17, 15) is 8.42 Å².